The summed E-state index contributed by atoms with van der Waals surface area (Å²) in [5.41, 5.74) is 7.81. The Morgan fingerprint density at radius 2 is 2.10 bits per heavy atom. The second-order valence-electron chi connectivity index (χ2n) is 5.87. The summed E-state index contributed by atoms with van der Waals surface area (Å²) in [6.45, 7) is 5.18. The SMILES string of the molecule is CC(C)(C)OC(=O)N1C[C@@H](N=[N+]=[N-])C[C@H]1COS(C)(=O)=O. The Morgan fingerprint density at radius 1 is 1.48 bits per heavy atom. The second kappa shape index (κ2) is 6.50. The van der Waals surface area contributed by atoms with Gasteiger partial charge in [-0.15, -0.1) is 0 Å². The van der Waals surface area contributed by atoms with Crippen LogP contribution in [0.1, 0.15) is 27.2 Å². The molecule has 0 aromatic heterocycles. The van der Waals surface area contributed by atoms with Gasteiger partial charge in [-0.05, 0) is 32.7 Å². The highest BCUT2D eigenvalue weighted by atomic mass is 32.2. The van der Waals surface area contributed by atoms with Crippen LogP contribution in [0.2, 0.25) is 0 Å². The summed E-state index contributed by atoms with van der Waals surface area (Å²) >= 11 is 0. The van der Waals surface area contributed by atoms with Gasteiger partial charge in [0.15, 0.2) is 0 Å². The van der Waals surface area contributed by atoms with Crippen LogP contribution in [0, 0.1) is 0 Å². The van der Waals surface area contributed by atoms with Gasteiger partial charge in [-0.1, -0.05) is 5.11 Å². The lowest BCUT2D eigenvalue weighted by atomic mass is 10.2. The molecule has 0 N–H and O–H groups in total. The molecule has 1 heterocycles. The molecule has 0 bridgehead atoms. The molecule has 0 aromatic carbocycles. The van der Waals surface area contributed by atoms with E-state index >= 15 is 0 Å². The van der Waals surface area contributed by atoms with Crippen molar-refractivity contribution in [2.24, 2.45) is 5.11 Å². The molecule has 9 nitrogen and oxygen atoms in total. The third-order valence-corrected chi connectivity index (χ3v) is 3.27. The van der Waals surface area contributed by atoms with Gasteiger partial charge in [0.2, 0.25) is 0 Å². The molecule has 2 atom stereocenters. The van der Waals surface area contributed by atoms with Crippen LogP contribution in [0.4, 0.5) is 4.79 Å². The zero-order valence-corrected chi connectivity index (χ0v) is 13.3. The Labute approximate surface area is 123 Å². The molecule has 1 aliphatic heterocycles. The van der Waals surface area contributed by atoms with Crippen LogP contribution in [0.5, 0.6) is 0 Å². The average Bonchev–Trinajstić information content (AvgIpc) is 2.67. The van der Waals surface area contributed by atoms with E-state index in [0.29, 0.717) is 6.42 Å². The molecule has 120 valence electrons. The monoisotopic (exact) mass is 320 g/mol. The van der Waals surface area contributed by atoms with Gasteiger partial charge in [0.1, 0.15) is 5.60 Å². The predicted molar refractivity (Wildman–Crippen MR) is 75.1 cm³/mol. The first-order valence-corrected chi connectivity index (χ1v) is 8.22. The molecule has 1 aliphatic rings. The van der Waals surface area contributed by atoms with Crippen LogP contribution >= 0.6 is 0 Å². The first-order chi connectivity index (χ1) is 9.52. The second-order valence-corrected chi connectivity index (χ2v) is 7.51. The molecule has 1 amide bonds. The fourth-order valence-electron chi connectivity index (χ4n) is 1.95. The number of azide groups is 1. The Morgan fingerprint density at radius 3 is 2.57 bits per heavy atom. The van der Waals surface area contributed by atoms with Crippen molar-refractivity contribution in [2.45, 2.75) is 44.9 Å². The first kappa shape index (κ1) is 17.5. The number of likely N-dealkylation sites (tertiary alicyclic amines) is 1. The molecule has 10 heteroatoms. The molecule has 21 heavy (non-hydrogen) atoms. The zero-order valence-electron chi connectivity index (χ0n) is 12.5. The van der Waals surface area contributed by atoms with Crippen molar-refractivity contribution in [2.75, 3.05) is 19.4 Å². The minimum Gasteiger partial charge on any atom is -0.444 e. The zero-order chi connectivity index (χ0) is 16.3. The lowest BCUT2D eigenvalue weighted by Crippen LogP contribution is -2.42. The number of carbonyl (C=O) groups excluding carboxylic acids is 1. The molecule has 0 radical (unpaired) electrons. The maximum atomic E-state index is 12.1. The van der Waals surface area contributed by atoms with Gasteiger partial charge in [0, 0.05) is 11.5 Å². The maximum absolute atomic E-state index is 12.1. The summed E-state index contributed by atoms with van der Waals surface area (Å²) in [6, 6.07) is -0.930. The van der Waals surface area contributed by atoms with Crippen molar-refractivity contribution in [3.63, 3.8) is 0 Å². The van der Waals surface area contributed by atoms with Crippen LogP contribution in [-0.4, -0.2) is 56.5 Å². The lowest BCUT2D eigenvalue weighted by Gasteiger charge is -2.28. The van der Waals surface area contributed by atoms with Crippen molar-refractivity contribution >= 4 is 16.2 Å². The van der Waals surface area contributed by atoms with Gasteiger partial charge in [0.25, 0.3) is 10.1 Å². The standard InChI is InChI=1S/C11H20N4O5S/c1-11(2,3)20-10(16)15-6-8(13-14-12)5-9(15)7-19-21(4,17)18/h8-9H,5-7H2,1-4H3/t8-,9-/m0/s1. The van der Waals surface area contributed by atoms with Crippen molar-refractivity contribution in [1.82, 2.24) is 4.90 Å². The Balaban J connectivity index is 2.80. The fourth-order valence-corrected chi connectivity index (χ4v) is 2.36. The summed E-state index contributed by atoms with van der Waals surface area (Å²) in [5.74, 6) is 0. The largest absolute Gasteiger partial charge is 0.444 e. The summed E-state index contributed by atoms with van der Waals surface area (Å²) in [5, 5.41) is 3.57. The third kappa shape index (κ3) is 6.19. The summed E-state index contributed by atoms with van der Waals surface area (Å²) in [4.78, 5) is 16.2. The van der Waals surface area contributed by atoms with Crippen LogP contribution in [-0.2, 0) is 19.0 Å². The number of ether oxygens (including phenoxy) is 1. The molecule has 1 saturated heterocycles. The highest BCUT2D eigenvalue weighted by Gasteiger charge is 2.37. The Kier molecular flexibility index (Phi) is 5.43. The molecule has 1 fully saturated rings. The van der Waals surface area contributed by atoms with Crippen LogP contribution in [0.25, 0.3) is 10.4 Å². The number of carbonyl (C=O) groups is 1. The fraction of sp³-hybridized carbons (Fsp3) is 0.909. The minimum absolute atomic E-state index is 0.177. The molecule has 0 aliphatic carbocycles. The number of nitrogens with zero attached hydrogens (tertiary/aromatic N) is 4. The van der Waals surface area contributed by atoms with Crippen molar-refractivity contribution in [1.29, 1.82) is 0 Å². The molecule has 1 rings (SSSR count). The molecular formula is C11H20N4O5S. The van der Waals surface area contributed by atoms with E-state index in [9.17, 15) is 13.2 Å². The number of hydrogen-bond donors (Lipinski definition) is 0. The predicted octanol–water partition coefficient (Wildman–Crippen LogP) is 1.65. The van der Waals surface area contributed by atoms with Gasteiger partial charge in [-0.2, -0.15) is 8.42 Å². The van der Waals surface area contributed by atoms with E-state index in [1.807, 2.05) is 0 Å². The van der Waals surface area contributed by atoms with Gasteiger partial charge < -0.3 is 9.64 Å². The topological polar surface area (TPSA) is 122 Å². The lowest BCUT2D eigenvalue weighted by molar-refractivity contribution is 0.0188. The number of hydrogen-bond acceptors (Lipinski definition) is 6. The molecule has 0 aromatic rings. The van der Waals surface area contributed by atoms with Gasteiger partial charge in [-0.3, -0.25) is 4.18 Å². The van der Waals surface area contributed by atoms with E-state index in [-0.39, 0.29) is 13.2 Å². The summed E-state index contributed by atoms with van der Waals surface area (Å²) in [7, 11) is -3.61. The molecule has 0 saturated carbocycles. The molecule has 0 unspecified atom stereocenters. The smallest absolute Gasteiger partial charge is 0.410 e. The third-order valence-electron chi connectivity index (χ3n) is 2.71. The normalized spacial score (nSPS) is 22.8. The summed E-state index contributed by atoms with van der Waals surface area (Å²) in [6.07, 6.45) is 0.684. The van der Waals surface area contributed by atoms with E-state index in [1.54, 1.807) is 20.8 Å². The number of amides is 1. The van der Waals surface area contributed by atoms with E-state index in [1.165, 1.54) is 4.90 Å². The van der Waals surface area contributed by atoms with E-state index in [2.05, 4.69) is 10.0 Å². The van der Waals surface area contributed by atoms with Gasteiger partial charge >= 0.3 is 6.09 Å². The van der Waals surface area contributed by atoms with Crippen LogP contribution in [0.15, 0.2) is 5.11 Å². The minimum atomic E-state index is -3.61. The average molecular weight is 320 g/mol. The molecule has 0 spiro atoms. The van der Waals surface area contributed by atoms with E-state index in [4.69, 9.17) is 14.5 Å². The Bertz CT molecular complexity index is 535. The van der Waals surface area contributed by atoms with Gasteiger partial charge in [-0.25, -0.2) is 4.79 Å². The van der Waals surface area contributed by atoms with Crippen molar-refractivity contribution in [3.05, 3.63) is 10.4 Å². The van der Waals surface area contributed by atoms with E-state index < -0.39 is 33.9 Å². The maximum Gasteiger partial charge on any atom is 0.410 e. The van der Waals surface area contributed by atoms with Gasteiger partial charge in [0.05, 0.1) is 24.9 Å². The Hall–Kier alpha value is -1.51. The van der Waals surface area contributed by atoms with Crippen molar-refractivity contribution < 1.29 is 22.1 Å². The quantitative estimate of drug-likeness (QED) is 0.337. The highest BCUT2D eigenvalue weighted by molar-refractivity contribution is 7.85. The number of rotatable bonds is 4. The van der Waals surface area contributed by atoms with Crippen molar-refractivity contribution in [3.8, 4) is 0 Å². The highest BCUT2D eigenvalue weighted by Crippen LogP contribution is 2.24. The van der Waals surface area contributed by atoms with Crippen LogP contribution in [0.3, 0.4) is 0 Å². The van der Waals surface area contributed by atoms with Crippen LogP contribution < -0.4 is 0 Å². The first-order valence-electron chi connectivity index (χ1n) is 6.40. The molecular weight excluding hydrogens is 300 g/mol. The summed E-state index contributed by atoms with van der Waals surface area (Å²) < 4.78 is 32.1. The van der Waals surface area contributed by atoms with E-state index in [0.717, 1.165) is 6.26 Å².